The molecule has 0 aliphatic heterocycles. The minimum atomic E-state index is -0.0333. The topological polar surface area (TPSA) is 32.3 Å². The highest BCUT2D eigenvalue weighted by atomic mass is 16.3. The van der Waals surface area contributed by atoms with Crippen LogP contribution in [0.5, 0.6) is 0 Å². The normalized spacial score (nSPS) is 29.4. The Kier molecular flexibility index (Phi) is 5.62. The Hall–Kier alpha value is -0.0800. The van der Waals surface area contributed by atoms with Crippen LogP contribution in [0.3, 0.4) is 0 Å². The van der Waals surface area contributed by atoms with Crippen LogP contribution in [0.25, 0.3) is 0 Å². The van der Waals surface area contributed by atoms with Gasteiger partial charge in [0.1, 0.15) is 0 Å². The summed E-state index contributed by atoms with van der Waals surface area (Å²) in [5, 5.41) is 13.1. The fourth-order valence-electron chi connectivity index (χ4n) is 2.31. The molecule has 0 amide bonds. The van der Waals surface area contributed by atoms with Crippen molar-refractivity contribution in [2.75, 3.05) is 0 Å². The number of nitrogens with one attached hydrogen (secondary N) is 1. The lowest BCUT2D eigenvalue weighted by atomic mass is 9.92. The van der Waals surface area contributed by atoms with Crippen molar-refractivity contribution in [1.82, 2.24) is 5.32 Å². The molecule has 2 nitrogen and oxygen atoms in total. The molecule has 0 bridgehead atoms. The van der Waals surface area contributed by atoms with E-state index < -0.39 is 0 Å². The first-order valence-corrected chi connectivity index (χ1v) is 6.52. The highest BCUT2D eigenvalue weighted by Crippen LogP contribution is 2.19. The van der Waals surface area contributed by atoms with E-state index in [1.165, 1.54) is 12.8 Å². The molecule has 0 aromatic rings. The van der Waals surface area contributed by atoms with E-state index in [0.717, 1.165) is 31.6 Å². The quantitative estimate of drug-likeness (QED) is 0.736. The third-order valence-electron chi connectivity index (χ3n) is 3.39. The average Bonchev–Trinajstić information content (AvgIpc) is 2.19. The van der Waals surface area contributed by atoms with E-state index >= 15 is 0 Å². The van der Waals surface area contributed by atoms with E-state index in [1.807, 2.05) is 0 Å². The molecule has 1 saturated carbocycles. The predicted molar refractivity (Wildman–Crippen MR) is 64.9 cm³/mol. The third kappa shape index (κ3) is 5.53. The van der Waals surface area contributed by atoms with Crippen molar-refractivity contribution in [2.24, 2.45) is 5.92 Å². The fourth-order valence-corrected chi connectivity index (χ4v) is 2.31. The van der Waals surface area contributed by atoms with Gasteiger partial charge in [0.25, 0.3) is 0 Å². The van der Waals surface area contributed by atoms with Crippen LogP contribution in [-0.4, -0.2) is 23.3 Å². The van der Waals surface area contributed by atoms with Crippen LogP contribution in [-0.2, 0) is 0 Å². The third-order valence-corrected chi connectivity index (χ3v) is 3.39. The van der Waals surface area contributed by atoms with Crippen molar-refractivity contribution in [2.45, 2.75) is 77.5 Å². The molecule has 0 radical (unpaired) electrons. The first-order valence-electron chi connectivity index (χ1n) is 6.52. The maximum absolute atomic E-state index is 9.41. The van der Waals surface area contributed by atoms with Gasteiger partial charge in [-0.1, -0.05) is 13.8 Å². The second kappa shape index (κ2) is 6.49. The number of aliphatic hydroxyl groups is 1. The van der Waals surface area contributed by atoms with Crippen molar-refractivity contribution in [3.05, 3.63) is 0 Å². The zero-order chi connectivity index (χ0) is 11.3. The summed E-state index contributed by atoms with van der Waals surface area (Å²) in [5.41, 5.74) is 0. The molecule has 15 heavy (non-hydrogen) atoms. The first kappa shape index (κ1) is 13.0. The minimum Gasteiger partial charge on any atom is -0.393 e. The summed E-state index contributed by atoms with van der Waals surface area (Å²) >= 11 is 0. The van der Waals surface area contributed by atoms with Gasteiger partial charge in [-0.05, 0) is 51.4 Å². The van der Waals surface area contributed by atoms with Crippen molar-refractivity contribution in [3.63, 3.8) is 0 Å². The first-order chi connectivity index (χ1) is 7.08. The molecular formula is C13H27NO. The summed E-state index contributed by atoms with van der Waals surface area (Å²) in [6.07, 6.45) is 6.80. The van der Waals surface area contributed by atoms with Gasteiger partial charge in [-0.15, -0.1) is 0 Å². The Morgan fingerprint density at radius 3 is 2.20 bits per heavy atom. The lowest BCUT2D eigenvalue weighted by molar-refractivity contribution is 0.114. The van der Waals surface area contributed by atoms with Gasteiger partial charge in [-0.3, -0.25) is 0 Å². The van der Waals surface area contributed by atoms with Crippen LogP contribution in [0.15, 0.2) is 0 Å². The average molecular weight is 213 g/mol. The molecule has 1 aliphatic carbocycles. The number of aliphatic hydroxyl groups excluding tert-OH is 1. The number of hydrogen-bond donors (Lipinski definition) is 2. The smallest absolute Gasteiger partial charge is 0.0541 e. The highest BCUT2D eigenvalue weighted by Gasteiger charge is 2.20. The molecule has 1 atom stereocenters. The summed E-state index contributed by atoms with van der Waals surface area (Å²) in [7, 11) is 0. The van der Waals surface area contributed by atoms with Gasteiger partial charge in [0.2, 0.25) is 0 Å². The van der Waals surface area contributed by atoms with Crippen LogP contribution in [0.4, 0.5) is 0 Å². The Morgan fingerprint density at radius 2 is 1.67 bits per heavy atom. The Labute approximate surface area is 94.5 Å². The monoisotopic (exact) mass is 213 g/mol. The Balaban J connectivity index is 2.12. The molecule has 0 spiro atoms. The van der Waals surface area contributed by atoms with E-state index in [0.29, 0.717) is 12.1 Å². The summed E-state index contributed by atoms with van der Waals surface area (Å²) in [4.78, 5) is 0. The summed E-state index contributed by atoms with van der Waals surface area (Å²) in [5.74, 6) is 0.808. The fraction of sp³-hybridized carbons (Fsp3) is 1.00. The molecule has 0 saturated heterocycles. The summed E-state index contributed by atoms with van der Waals surface area (Å²) in [6, 6.07) is 1.28. The van der Waals surface area contributed by atoms with Gasteiger partial charge in [-0.25, -0.2) is 0 Å². The van der Waals surface area contributed by atoms with Gasteiger partial charge in [0, 0.05) is 12.1 Å². The zero-order valence-corrected chi connectivity index (χ0v) is 10.5. The molecule has 1 rings (SSSR count). The van der Waals surface area contributed by atoms with Crippen molar-refractivity contribution >= 4 is 0 Å². The number of rotatable bonds is 5. The number of hydrogen-bond acceptors (Lipinski definition) is 2. The zero-order valence-electron chi connectivity index (χ0n) is 10.5. The SMILES string of the molecule is CC(C)CCC(C)NC1CCC(O)CC1. The van der Waals surface area contributed by atoms with Crippen LogP contribution in [0.1, 0.15) is 59.3 Å². The maximum atomic E-state index is 9.41. The largest absolute Gasteiger partial charge is 0.393 e. The molecule has 1 unspecified atom stereocenters. The van der Waals surface area contributed by atoms with Crippen molar-refractivity contribution < 1.29 is 5.11 Å². The summed E-state index contributed by atoms with van der Waals surface area (Å²) < 4.78 is 0. The summed E-state index contributed by atoms with van der Waals surface area (Å²) in [6.45, 7) is 6.85. The second-order valence-corrected chi connectivity index (χ2v) is 5.54. The Morgan fingerprint density at radius 1 is 1.07 bits per heavy atom. The molecule has 0 heterocycles. The molecular weight excluding hydrogens is 186 g/mol. The molecule has 90 valence electrons. The van der Waals surface area contributed by atoms with Crippen LogP contribution >= 0.6 is 0 Å². The van der Waals surface area contributed by atoms with Crippen LogP contribution < -0.4 is 5.32 Å². The standard InChI is InChI=1S/C13H27NO/c1-10(2)4-5-11(3)14-12-6-8-13(15)9-7-12/h10-15H,4-9H2,1-3H3. The Bertz CT molecular complexity index is 162. The highest BCUT2D eigenvalue weighted by molar-refractivity contribution is 4.78. The van der Waals surface area contributed by atoms with Crippen molar-refractivity contribution in [3.8, 4) is 0 Å². The van der Waals surface area contributed by atoms with E-state index in [4.69, 9.17) is 0 Å². The van der Waals surface area contributed by atoms with Crippen molar-refractivity contribution in [1.29, 1.82) is 0 Å². The minimum absolute atomic E-state index is 0.0333. The van der Waals surface area contributed by atoms with Gasteiger partial charge < -0.3 is 10.4 Å². The second-order valence-electron chi connectivity index (χ2n) is 5.54. The van der Waals surface area contributed by atoms with Gasteiger partial charge >= 0.3 is 0 Å². The lowest BCUT2D eigenvalue weighted by Gasteiger charge is -2.29. The molecule has 2 heteroatoms. The van der Waals surface area contributed by atoms with Gasteiger partial charge in [0.05, 0.1) is 6.10 Å². The van der Waals surface area contributed by atoms with Crippen LogP contribution in [0, 0.1) is 5.92 Å². The maximum Gasteiger partial charge on any atom is 0.0541 e. The van der Waals surface area contributed by atoms with Gasteiger partial charge in [0.15, 0.2) is 0 Å². The van der Waals surface area contributed by atoms with E-state index in [9.17, 15) is 5.11 Å². The lowest BCUT2D eigenvalue weighted by Crippen LogP contribution is -2.40. The van der Waals surface area contributed by atoms with Gasteiger partial charge in [-0.2, -0.15) is 0 Å². The molecule has 1 fully saturated rings. The molecule has 0 aromatic carbocycles. The molecule has 1 aliphatic rings. The molecule has 0 aromatic heterocycles. The molecule has 2 N–H and O–H groups in total. The van der Waals surface area contributed by atoms with Crippen LogP contribution in [0.2, 0.25) is 0 Å². The predicted octanol–water partition coefficient (Wildman–Crippen LogP) is 2.70. The van der Waals surface area contributed by atoms with E-state index in [-0.39, 0.29) is 6.10 Å². The van der Waals surface area contributed by atoms with E-state index in [2.05, 4.69) is 26.1 Å². The van der Waals surface area contributed by atoms with E-state index in [1.54, 1.807) is 0 Å².